The molecule has 4 heavy (non-hydrogen) atoms. The molecule has 0 aromatic carbocycles. The summed E-state index contributed by atoms with van der Waals surface area (Å²) in [7, 11) is 0. The Morgan fingerprint density at radius 2 is 1.25 bits per heavy atom. The van der Waals surface area contributed by atoms with Gasteiger partial charge in [0.15, 0.2) is 0 Å². The molecule has 0 aliphatic rings. The van der Waals surface area contributed by atoms with Crippen LogP contribution in [0.2, 0.25) is 11.6 Å². The minimum atomic E-state index is 0. The smallest absolute Gasteiger partial charge is 0.210 e. The molecule has 0 fully saturated rings. The minimum Gasteiger partial charge on any atom is -0.210 e. The van der Waals surface area contributed by atoms with Gasteiger partial charge in [-0.3, -0.25) is 0 Å². The van der Waals surface area contributed by atoms with Gasteiger partial charge in [0.05, 0.1) is 15.2 Å². The summed E-state index contributed by atoms with van der Waals surface area (Å²) in [6.07, 6.45) is 0. The molecule has 2 heteroatoms. The van der Waals surface area contributed by atoms with Crippen LogP contribution in [0.4, 0.5) is 0 Å². The molecule has 0 spiro atoms. The Labute approximate surface area is 56.0 Å². The largest absolute Gasteiger partial charge is 1.00 e. The van der Waals surface area contributed by atoms with E-state index < -0.39 is 0 Å². The zero-order valence-corrected chi connectivity index (χ0v) is 8.00. The Morgan fingerprint density at radius 1 is 1.25 bits per heavy atom. The van der Waals surface area contributed by atoms with E-state index in [-0.39, 0.29) is 44.8 Å². The van der Waals surface area contributed by atoms with Crippen molar-refractivity contribution in [2.75, 3.05) is 0 Å². The maximum atomic E-state index is 2.32. The van der Waals surface area contributed by atoms with E-state index >= 15 is 0 Å². The molecule has 0 heterocycles. The van der Waals surface area contributed by atoms with Crippen molar-refractivity contribution >= 4 is 15.2 Å². The number of hydrogen-bond acceptors (Lipinski definition) is 0. The topological polar surface area (TPSA) is 0 Å². The molecule has 0 radical (unpaired) electrons. The summed E-state index contributed by atoms with van der Waals surface area (Å²) in [5.41, 5.74) is 0. The normalized spacial score (nSPS) is 4.50. The molecule has 20 valence electrons. The van der Waals surface area contributed by atoms with Crippen LogP contribution >= 0.6 is 0 Å². The van der Waals surface area contributed by atoms with Crippen molar-refractivity contribution in [1.82, 2.24) is 0 Å². The molecule has 0 aromatic rings. The van der Waals surface area contributed by atoms with Gasteiger partial charge >= 0.3 is 29.6 Å². The van der Waals surface area contributed by atoms with Crippen LogP contribution in [0.15, 0.2) is 0 Å². The van der Waals surface area contributed by atoms with Crippen molar-refractivity contribution < 1.29 is 29.6 Å². The van der Waals surface area contributed by atoms with E-state index in [1.165, 1.54) is 0 Å². The van der Waals surface area contributed by atoms with Crippen LogP contribution in [0.25, 0.3) is 0 Å². The van der Waals surface area contributed by atoms with Gasteiger partial charge in [-0.05, 0) is 0 Å². The second-order valence-corrected chi connectivity index (χ2v) is 3.00. The minimum absolute atomic E-state index is 0. The molecule has 0 amide bonds. The molecular formula is C2H8AlNa. The molecule has 0 rings (SSSR count). The summed E-state index contributed by atoms with van der Waals surface area (Å²) in [5, 5.41) is 0. The Kier molecular flexibility index (Phi) is 20.1. The fourth-order valence-corrected chi connectivity index (χ4v) is 0. The van der Waals surface area contributed by atoms with E-state index in [0.29, 0.717) is 0 Å². The third kappa shape index (κ3) is 9.65. The quantitative estimate of drug-likeness (QED) is 0.278. The zero-order valence-electron chi connectivity index (χ0n) is 4.00. The fourth-order valence-electron chi connectivity index (χ4n) is 0. The van der Waals surface area contributed by atoms with Crippen molar-refractivity contribution in [1.29, 1.82) is 0 Å². The molecular weight excluding hydrogens is 74.0 g/mol. The van der Waals surface area contributed by atoms with Gasteiger partial charge in [0.1, 0.15) is 0 Å². The number of rotatable bonds is 0. The molecule has 0 aromatic heterocycles. The molecule has 0 bridgehead atoms. The molecule has 0 saturated heterocycles. The van der Waals surface area contributed by atoms with Crippen LogP contribution in [0.3, 0.4) is 0 Å². The van der Waals surface area contributed by atoms with E-state index in [2.05, 4.69) is 11.6 Å². The second-order valence-electron chi connectivity index (χ2n) is 1.00. The van der Waals surface area contributed by atoms with Crippen LogP contribution in [0, 0.1) is 0 Å². The molecule has 0 atom stereocenters. The molecule has 0 aliphatic heterocycles. The van der Waals surface area contributed by atoms with E-state index in [1.54, 1.807) is 0 Å². The van der Waals surface area contributed by atoms with Crippen LogP contribution in [-0.2, 0) is 0 Å². The van der Waals surface area contributed by atoms with Crippen LogP contribution in [0.1, 0.15) is 0 Å². The zero-order chi connectivity index (χ0) is 2.71. The van der Waals surface area contributed by atoms with Gasteiger partial charge in [0.2, 0.25) is 0 Å². The molecule has 0 nitrogen and oxygen atoms in total. The van der Waals surface area contributed by atoms with Gasteiger partial charge in [-0.2, -0.15) is 0 Å². The first-order chi connectivity index (χ1) is 1.41. The molecule has 0 N–H and O–H groups in total. The first-order valence-corrected chi connectivity index (χ1v) is 6.00. The predicted molar refractivity (Wildman–Crippen MR) is 20.3 cm³/mol. The molecule has 0 aliphatic carbocycles. The maximum absolute atomic E-state index is 2.32. The van der Waals surface area contributed by atoms with E-state index in [9.17, 15) is 0 Å². The standard InChI is InChI=1S/2CH3.Al.Na.2H/h2*1H3;;;;/q;;-1;+1;;. The summed E-state index contributed by atoms with van der Waals surface area (Å²) >= 11 is 0.0833. The van der Waals surface area contributed by atoms with Gasteiger partial charge < -0.3 is 0 Å². The van der Waals surface area contributed by atoms with Gasteiger partial charge in [0.25, 0.3) is 0 Å². The summed E-state index contributed by atoms with van der Waals surface area (Å²) in [6, 6.07) is 0. The van der Waals surface area contributed by atoms with Gasteiger partial charge in [-0.15, -0.1) is 0 Å². The SMILES string of the molecule is [CH3][AlH2-][CH3].[Na+]. The first kappa shape index (κ1) is 9.11. The van der Waals surface area contributed by atoms with Crippen LogP contribution in [-0.4, -0.2) is 15.2 Å². The van der Waals surface area contributed by atoms with Crippen LogP contribution in [0.5, 0.6) is 0 Å². The summed E-state index contributed by atoms with van der Waals surface area (Å²) in [4.78, 5) is 0. The van der Waals surface area contributed by atoms with Crippen molar-refractivity contribution in [2.24, 2.45) is 0 Å². The van der Waals surface area contributed by atoms with E-state index in [1.807, 2.05) is 0 Å². The van der Waals surface area contributed by atoms with Gasteiger partial charge in [-0.1, -0.05) is 0 Å². The number of hydrogen-bond donors (Lipinski definition) is 0. The first-order valence-electron chi connectivity index (χ1n) is 2.00. The fraction of sp³-hybridized carbons (Fsp3) is 1.00. The van der Waals surface area contributed by atoms with Crippen molar-refractivity contribution in [3.63, 3.8) is 0 Å². The Bertz CT molecular complexity index is 6.00. The summed E-state index contributed by atoms with van der Waals surface area (Å²) in [5.74, 6) is 4.64. The Hall–Kier alpha value is 1.53. The monoisotopic (exact) mass is 82.0 g/mol. The molecule has 0 unspecified atom stereocenters. The average Bonchev–Trinajstić information content (AvgIpc) is 0.918. The van der Waals surface area contributed by atoms with Crippen molar-refractivity contribution in [3.05, 3.63) is 0 Å². The second kappa shape index (κ2) is 8.82. The Morgan fingerprint density at radius 3 is 1.25 bits per heavy atom. The summed E-state index contributed by atoms with van der Waals surface area (Å²) < 4.78 is 0. The van der Waals surface area contributed by atoms with E-state index in [0.717, 1.165) is 0 Å². The van der Waals surface area contributed by atoms with Gasteiger partial charge in [0, 0.05) is 0 Å². The summed E-state index contributed by atoms with van der Waals surface area (Å²) in [6.45, 7) is 0. The predicted octanol–water partition coefficient (Wildman–Crippen LogP) is -2.74. The van der Waals surface area contributed by atoms with Gasteiger partial charge in [-0.25, -0.2) is 11.6 Å². The Balaban J connectivity index is 0. The third-order valence-electron chi connectivity index (χ3n) is 0. The van der Waals surface area contributed by atoms with Crippen molar-refractivity contribution in [3.8, 4) is 0 Å². The maximum Gasteiger partial charge on any atom is 1.00 e. The van der Waals surface area contributed by atoms with E-state index in [4.69, 9.17) is 0 Å². The molecule has 0 saturated carbocycles. The third-order valence-corrected chi connectivity index (χ3v) is 0. The van der Waals surface area contributed by atoms with Crippen molar-refractivity contribution in [2.45, 2.75) is 11.6 Å². The average molecular weight is 82.1 g/mol. The van der Waals surface area contributed by atoms with Crippen LogP contribution < -0.4 is 29.6 Å².